The van der Waals surface area contributed by atoms with E-state index in [2.05, 4.69) is 50.4 Å². The lowest BCUT2D eigenvalue weighted by Gasteiger charge is -2.37. The molecule has 150 valence electrons. The summed E-state index contributed by atoms with van der Waals surface area (Å²) < 4.78 is 0. The van der Waals surface area contributed by atoms with E-state index < -0.39 is 0 Å². The second kappa shape index (κ2) is 7.99. The number of para-hydroxylation sites is 1. The number of aromatic nitrogens is 1. The van der Waals surface area contributed by atoms with Crippen LogP contribution in [0.4, 0.5) is 11.4 Å². The highest BCUT2D eigenvalue weighted by Crippen LogP contribution is 2.34. The van der Waals surface area contributed by atoms with E-state index in [0.717, 1.165) is 44.8 Å². The van der Waals surface area contributed by atoms with Gasteiger partial charge in [-0.3, -0.25) is 14.7 Å². The number of hydrogen-bond donors (Lipinski definition) is 1. The monoisotopic (exact) mass is 388 g/mol. The summed E-state index contributed by atoms with van der Waals surface area (Å²) in [6, 6.07) is 8.71. The zero-order valence-corrected chi connectivity index (χ0v) is 16.9. The van der Waals surface area contributed by atoms with E-state index in [1.807, 2.05) is 12.4 Å². The number of aryl methyl sites for hydroxylation is 1. The van der Waals surface area contributed by atoms with Gasteiger partial charge in [0.2, 0.25) is 5.91 Å². The van der Waals surface area contributed by atoms with Crippen LogP contribution >= 0.6 is 0 Å². The summed E-state index contributed by atoms with van der Waals surface area (Å²) in [7, 11) is 0. The summed E-state index contributed by atoms with van der Waals surface area (Å²) in [6.45, 7) is 4.94. The minimum atomic E-state index is 0.133. The highest BCUT2D eigenvalue weighted by molar-refractivity contribution is 5.98. The summed E-state index contributed by atoms with van der Waals surface area (Å²) in [5.74, 6) is 0.133. The molecule has 1 aliphatic carbocycles. The summed E-state index contributed by atoms with van der Waals surface area (Å²) in [4.78, 5) is 21.3. The van der Waals surface area contributed by atoms with Crippen LogP contribution in [0, 0.1) is 0 Å². The second-order valence-corrected chi connectivity index (χ2v) is 8.33. The molecule has 0 bridgehead atoms. The summed E-state index contributed by atoms with van der Waals surface area (Å²) in [5.41, 5.74) is 7.51. The van der Waals surface area contributed by atoms with Gasteiger partial charge < -0.3 is 10.2 Å². The van der Waals surface area contributed by atoms with Crippen LogP contribution in [-0.2, 0) is 17.8 Å². The smallest absolute Gasteiger partial charge is 0.224 e. The van der Waals surface area contributed by atoms with Crippen LogP contribution in [0.5, 0.6) is 0 Å². The number of hydrogen-bond acceptors (Lipinski definition) is 4. The van der Waals surface area contributed by atoms with Crippen molar-refractivity contribution in [2.45, 2.75) is 38.6 Å². The number of rotatable bonds is 4. The molecule has 0 radical (unpaired) electrons. The van der Waals surface area contributed by atoms with Gasteiger partial charge in [-0.05, 0) is 60.1 Å². The van der Waals surface area contributed by atoms with Gasteiger partial charge in [0.15, 0.2) is 0 Å². The molecule has 1 fully saturated rings. The first-order valence-electron chi connectivity index (χ1n) is 10.8. The maximum atomic E-state index is 11.9. The average molecular weight is 389 g/mol. The number of carbonyl (C=O) groups excluding carboxylic acids is 1. The van der Waals surface area contributed by atoms with Crippen molar-refractivity contribution in [3.05, 3.63) is 59.4 Å². The van der Waals surface area contributed by atoms with Gasteiger partial charge in [0.25, 0.3) is 0 Å². The molecule has 0 spiro atoms. The first kappa shape index (κ1) is 18.4. The Morgan fingerprint density at radius 3 is 2.76 bits per heavy atom. The Bertz CT molecular complexity index is 944. The lowest BCUT2D eigenvalue weighted by atomic mass is 10.0. The topological polar surface area (TPSA) is 48.5 Å². The average Bonchev–Trinajstić information content (AvgIpc) is 3.29. The van der Waals surface area contributed by atoms with E-state index in [0.29, 0.717) is 6.42 Å². The van der Waals surface area contributed by atoms with Crippen LogP contribution in [-0.4, -0.2) is 42.0 Å². The molecule has 1 amide bonds. The number of nitrogens with one attached hydrogen (secondary N) is 1. The van der Waals surface area contributed by atoms with Crippen molar-refractivity contribution in [2.75, 3.05) is 36.4 Å². The highest BCUT2D eigenvalue weighted by atomic mass is 16.1. The van der Waals surface area contributed by atoms with Crippen LogP contribution in [0.25, 0.3) is 5.57 Å². The van der Waals surface area contributed by atoms with Crippen LogP contribution in [0.2, 0.25) is 0 Å². The molecule has 1 N–H and O–H groups in total. The van der Waals surface area contributed by atoms with Crippen LogP contribution in [0.15, 0.2) is 42.7 Å². The molecule has 3 heterocycles. The standard InChI is InChI=1S/C24H28N4O/c29-23-9-8-20-6-3-7-22(24(20)26-23)28-12-10-27(11-13-28)17-18-14-21(16-25-15-18)19-4-1-2-5-19/h3-4,6-7,14-16H,1-2,5,8-13,17H2,(H,26,29). The fraction of sp³-hybridized carbons (Fsp3) is 0.417. The van der Waals surface area contributed by atoms with Crippen molar-refractivity contribution >= 4 is 22.9 Å². The lowest BCUT2D eigenvalue weighted by molar-refractivity contribution is -0.116. The molecule has 5 rings (SSSR count). The number of amides is 1. The molecule has 29 heavy (non-hydrogen) atoms. The van der Waals surface area contributed by atoms with E-state index in [1.165, 1.54) is 47.2 Å². The fourth-order valence-electron chi connectivity index (χ4n) is 4.74. The van der Waals surface area contributed by atoms with Crippen LogP contribution in [0.1, 0.15) is 42.4 Å². The minimum Gasteiger partial charge on any atom is -0.367 e. The fourth-order valence-corrected chi connectivity index (χ4v) is 4.74. The molecule has 0 atom stereocenters. The third-order valence-corrected chi connectivity index (χ3v) is 6.34. The molecule has 0 saturated carbocycles. The number of pyridine rings is 1. The van der Waals surface area contributed by atoms with E-state index >= 15 is 0 Å². The summed E-state index contributed by atoms with van der Waals surface area (Å²) >= 11 is 0. The van der Waals surface area contributed by atoms with Crippen molar-refractivity contribution in [2.24, 2.45) is 0 Å². The zero-order valence-electron chi connectivity index (χ0n) is 16.9. The number of anilines is 2. The van der Waals surface area contributed by atoms with E-state index in [9.17, 15) is 4.79 Å². The Hall–Kier alpha value is -2.66. The molecule has 1 saturated heterocycles. The second-order valence-electron chi connectivity index (χ2n) is 8.33. The molecule has 3 aliphatic rings. The van der Waals surface area contributed by atoms with Gasteiger partial charge in [0.05, 0.1) is 11.4 Å². The number of piperazine rings is 1. The van der Waals surface area contributed by atoms with E-state index in [1.54, 1.807) is 0 Å². The Morgan fingerprint density at radius 1 is 1.03 bits per heavy atom. The molecular weight excluding hydrogens is 360 g/mol. The number of nitrogens with zero attached hydrogens (tertiary/aromatic N) is 3. The van der Waals surface area contributed by atoms with Gasteiger partial charge in [-0.15, -0.1) is 0 Å². The van der Waals surface area contributed by atoms with Gasteiger partial charge in [-0.2, -0.15) is 0 Å². The van der Waals surface area contributed by atoms with Gasteiger partial charge in [-0.25, -0.2) is 0 Å². The first-order chi connectivity index (χ1) is 14.3. The molecule has 1 aromatic carbocycles. The molecule has 0 unspecified atom stereocenters. The van der Waals surface area contributed by atoms with Gasteiger partial charge >= 0.3 is 0 Å². The quantitative estimate of drug-likeness (QED) is 0.864. The molecule has 2 aromatic rings. The zero-order chi connectivity index (χ0) is 19.6. The highest BCUT2D eigenvalue weighted by Gasteiger charge is 2.24. The molecule has 5 heteroatoms. The Balaban J connectivity index is 1.24. The third-order valence-electron chi connectivity index (χ3n) is 6.34. The van der Waals surface area contributed by atoms with E-state index in [-0.39, 0.29) is 5.91 Å². The van der Waals surface area contributed by atoms with Crippen molar-refractivity contribution < 1.29 is 4.79 Å². The van der Waals surface area contributed by atoms with Gasteiger partial charge in [0.1, 0.15) is 0 Å². The maximum Gasteiger partial charge on any atom is 0.224 e. The van der Waals surface area contributed by atoms with E-state index in [4.69, 9.17) is 0 Å². The predicted molar refractivity (Wildman–Crippen MR) is 117 cm³/mol. The largest absolute Gasteiger partial charge is 0.367 e. The van der Waals surface area contributed by atoms with Crippen molar-refractivity contribution in [3.8, 4) is 0 Å². The number of carbonyl (C=O) groups is 1. The van der Waals surface area contributed by atoms with Crippen molar-refractivity contribution in [3.63, 3.8) is 0 Å². The SMILES string of the molecule is O=C1CCc2cccc(N3CCN(Cc4cncc(C5=CCCC5)c4)CC3)c2N1. The summed E-state index contributed by atoms with van der Waals surface area (Å²) in [6.07, 6.45) is 11.5. The van der Waals surface area contributed by atoms with Crippen molar-refractivity contribution in [1.82, 2.24) is 9.88 Å². The number of benzene rings is 1. The molecule has 1 aromatic heterocycles. The molecular formula is C24H28N4O. The Kier molecular flexibility index (Phi) is 5.06. The number of allylic oxidation sites excluding steroid dienone is 2. The lowest BCUT2D eigenvalue weighted by Crippen LogP contribution is -2.46. The van der Waals surface area contributed by atoms with Crippen LogP contribution in [0.3, 0.4) is 0 Å². The Morgan fingerprint density at radius 2 is 1.93 bits per heavy atom. The van der Waals surface area contributed by atoms with Crippen molar-refractivity contribution in [1.29, 1.82) is 0 Å². The summed E-state index contributed by atoms with van der Waals surface area (Å²) in [5, 5.41) is 3.10. The van der Waals surface area contributed by atoms with Gasteiger partial charge in [0, 0.05) is 51.5 Å². The predicted octanol–water partition coefficient (Wildman–Crippen LogP) is 3.86. The van der Waals surface area contributed by atoms with Crippen LogP contribution < -0.4 is 10.2 Å². The maximum absolute atomic E-state index is 11.9. The third kappa shape index (κ3) is 3.92. The normalized spacial score (nSPS) is 19.7. The molecule has 2 aliphatic heterocycles. The number of fused-ring (bicyclic) bond motifs is 1. The van der Waals surface area contributed by atoms with Gasteiger partial charge in [-0.1, -0.05) is 18.2 Å². The minimum absolute atomic E-state index is 0.133. The first-order valence-corrected chi connectivity index (χ1v) is 10.8. The Labute approximate surface area is 172 Å². The molecule has 5 nitrogen and oxygen atoms in total.